The van der Waals surface area contributed by atoms with Gasteiger partial charge in [0.2, 0.25) is 0 Å². The van der Waals surface area contributed by atoms with Gasteiger partial charge in [-0.2, -0.15) is 0 Å². The van der Waals surface area contributed by atoms with Crippen molar-refractivity contribution in [1.82, 2.24) is 19.5 Å². The van der Waals surface area contributed by atoms with Gasteiger partial charge in [-0.3, -0.25) is 0 Å². The zero-order chi connectivity index (χ0) is 19.4. The van der Waals surface area contributed by atoms with Crippen LogP contribution in [0.1, 0.15) is 0 Å². The number of hydrogen-bond donors (Lipinski definition) is 1. The third-order valence-corrected chi connectivity index (χ3v) is 6.09. The predicted molar refractivity (Wildman–Crippen MR) is 119 cm³/mol. The van der Waals surface area contributed by atoms with Gasteiger partial charge in [-0.25, -0.2) is 15.0 Å². The van der Waals surface area contributed by atoms with E-state index in [-0.39, 0.29) is 0 Å². The first kappa shape index (κ1) is 16.2. The Morgan fingerprint density at radius 3 is 2.72 bits per heavy atom. The second-order valence-electron chi connectivity index (χ2n) is 6.90. The van der Waals surface area contributed by atoms with Crippen LogP contribution in [0.15, 0.2) is 78.6 Å². The molecule has 6 rings (SSSR count). The lowest BCUT2D eigenvalue weighted by molar-refractivity contribution is 1.10. The third kappa shape index (κ3) is 2.50. The lowest BCUT2D eigenvalue weighted by atomic mass is 10.0. The molecule has 1 aliphatic rings. The summed E-state index contributed by atoms with van der Waals surface area (Å²) >= 11 is 1.69. The van der Waals surface area contributed by atoms with Crippen LogP contribution in [-0.4, -0.2) is 19.5 Å². The van der Waals surface area contributed by atoms with E-state index >= 15 is 0 Å². The standard InChI is InChI=1S/C23H15N5S/c24-22-21-17(12-28(16-3-1-4-16)23(21)26-13-25-22)15-7-6-14-8-9-18(27-19(14)11-15)20-5-2-10-29-20/h1-13H,(H2,24,25,26). The Morgan fingerprint density at radius 2 is 1.93 bits per heavy atom. The number of benzene rings is 1. The summed E-state index contributed by atoms with van der Waals surface area (Å²) in [5.41, 5.74) is 12.1. The molecule has 138 valence electrons. The molecular formula is C23H15N5S. The van der Waals surface area contributed by atoms with E-state index in [2.05, 4.69) is 74.7 Å². The molecule has 29 heavy (non-hydrogen) atoms. The predicted octanol–water partition coefficient (Wildman–Crippen LogP) is 5.37. The Labute approximate surface area is 170 Å². The number of allylic oxidation sites excluding steroid dienone is 4. The van der Waals surface area contributed by atoms with Gasteiger partial charge in [0.25, 0.3) is 0 Å². The van der Waals surface area contributed by atoms with Crippen molar-refractivity contribution < 1.29 is 0 Å². The molecule has 0 saturated heterocycles. The number of pyridine rings is 1. The number of fused-ring (bicyclic) bond motifs is 2. The molecule has 1 aliphatic carbocycles. The zero-order valence-electron chi connectivity index (χ0n) is 15.3. The lowest BCUT2D eigenvalue weighted by Crippen LogP contribution is -1.99. The van der Waals surface area contributed by atoms with E-state index in [1.807, 2.05) is 12.1 Å². The minimum atomic E-state index is 0.480. The van der Waals surface area contributed by atoms with Crippen LogP contribution in [0.3, 0.4) is 0 Å². The average Bonchev–Trinajstić information content (AvgIpc) is 3.36. The number of nitrogens with zero attached hydrogens (tertiary/aromatic N) is 4. The van der Waals surface area contributed by atoms with Crippen molar-refractivity contribution >= 4 is 44.8 Å². The highest BCUT2D eigenvalue weighted by Gasteiger charge is 2.17. The molecule has 0 aliphatic heterocycles. The van der Waals surface area contributed by atoms with Gasteiger partial charge in [0.05, 0.1) is 21.5 Å². The minimum absolute atomic E-state index is 0.480. The first-order valence-electron chi connectivity index (χ1n) is 9.23. The van der Waals surface area contributed by atoms with Crippen LogP contribution in [0.25, 0.3) is 49.3 Å². The summed E-state index contributed by atoms with van der Waals surface area (Å²) in [4.78, 5) is 14.8. The summed E-state index contributed by atoms with van der Waals surface area (Å²) in [6.45, 7) is 0. The monoisotopic (exact) mass is 393 g/mol. The maximum Gasteiger partial charge on any atom is 0.150 e. The summed E-state index contributed by atoms with van der Waals surface area (Å²) in [5, 5.41) is 4.04. The second kappa shape index (κ2) is 6.12. The molecule has 5 nitrogen and oxygen atoms in total. The van der Waals surface area contributed by atoms with Crippen molar-refractivity contribution in [2.24, 2.45) is 0 Å². The highest BCUT2D eigenvalue weighted by molar-refractivity contribution is 7.13. The molecule has 0 bridgehead atoms. The van der Waals surface area contributed by atoms with Crippen molar-refractivity contribution in [2.75, 3.05) is 5.73 Å². The Kier molecular flexibility index (Phi) is 3.42. The Hall–Kier alpha value is -3.77. The maximum atomic E-state index is 6.25. The number of hydrogen-bond acceptors (Lipinski definition) is 5. The molecule has 0 fully saturated rings. The third-order valence-electron chi connectivity index (χ3n) is 5.20. The van der Waals surface area contributed by atoms with Gasteiger partial charge in [0.15, 0.2) is 5.65 Å². The van der Waals surface area contributed by atoms with Gasteiger partial charge in [0, 0.05) is 22.8 Å². The smallest absolute Gasteiger partial charge is 0.150 e. The molecule has 1 aromatic carbocycles. The Morgan fingerprint density at radius 1 is 1.03 bits per heavy atom. The number of nitrogen functional groups attached to an aromatic ring is 1. The van der Waals surface area contributed by atoms with Gasteiger partial charge in [-0.05, 0) is 41.3 Å². The fourth-order valence-corrected chi connectivity index (χ4v) is 4.39. The van der Waals surface area contributed by atoms with E-state index in [1.54, 1.807) is 11.3 Å². The van der Waals surface area contributed by atoms with Crippen LogP contribution in [0, 0.1) is 0 Å². The van der Waals surface area contributed by atoms with E-state index in [0.29, 0.717) is 5.82 Å². The molecule has 4 heterocycles. The molecule has 0 radical (unpaired) electrons. The molecule has 6 heteroatoms. The first-order valence-corrected chi connectivity index (χ1v) is 10.1. The minimum Gasteiger partial charge on any atom is -0.383 e. The average molecular weight is 393 g/mol. The van der Waals surface area contributed by atoms with E-state index < -0.39 is 0 Å². The Bertz CT molecular complexity index is 1460. The molecule has 0 spiro atoms. The van der Waals surface area contributed by atoms with Crippen LogP contribution in [-0.2, 0) is 0 Å². The fraction of sp³-hybridized carbons (Fsp3) is 0. The number of nitrogens with two attached hydrogens (primary N) is 1. The normalized spacial score (nSPS) is 13.0. The summed E-state index contributed by atoms with van der Waals surface area (Å²) in [6.07, 6.45) is 9.70. The van der Waals surface area contributed by atoms with Crippen LogP contribution >= 0.6 is 11.3 Å². The molecule has 0 unspecified atom stereocenters. The molecule has 5 aromatic rings. The fourth-order valence-electron chi connectivity index (χ4n) is 3.69. The summed E-state index contributed by atoms with van der Waals surface area (Å²) in [5.74, 6) is 0.480. The van der Waals surface area contributed by atoms with Gasteiger partial charge in [-0.15, -0.1) is 11.3 Å². The van der Waals surface area contributed by atoms with Crippen molar-refractivity contribution in [1.29, 1.82) is 0 Å². The van der Waals surface area contributed by atoms with Crippen molar-refractivity contribution in [3.05, 3.63) is 78.6 Å². The van der Waals surface area contributed by atoms with Crippen LogP contribution in [0.2, 0.25) is 0 Å². The highest BCUT2D eigenvalue weighted by atomic mass is 32.1. The number of thiophene rings is 1. The first-order chi connectivity index (χ1) is 14.3. The van der Waals surface area contributed by atoms with Gasteiger partial charge in [-0.1, -0.05) is 30.3 Å². The van der Waals surface area contributed by atoms with Gasteiger partial charge < -0.3 is 10.3 Å². The zero-order valence-corrected chi connectivity index (χ0v) is 16.1. The Balaban J connectivity index is 1.57. The maximum absolute atomic E-state index is 6.25. The largest absolute Gasteiger partial charge is 0.383 e. The topological polar surface area (TPSA) is 69.6 Å². The molecular weight excluding hydrogens is 378 g/mol. The van der Waals surface area contributed by atoms with E-state index in [0.717, 1.165) is 49.3 Å². The second-order valence-corrected chi connectivity index (χ2v) is 7.85. The van der Waals surface area contributed by atoms with Crippen LogP contribution in [0.5, 0.6) is 0 Å². The van der Waals surface area contributed by atoms with E-state index in [9.17, 15) is 0 Å². The molecule has 2 N–H and O–H groups in total. The number of anilines is 1. The molecule has 0 saturated carbocycles. The van der Waals surface area contributed by atoms with Crippen LogP contribution in [0.4, 0.5) is 5.82 Å². The highest BCUT2D eigenvalue weighted by Crippen LogP contribution is 2.36. The summed E-state index contributed by atoms with van der Waals surface area (Å²) in [7, 11) is 0. The van der Waals surface area contributed by atoms with Crippen molar-refractivity contribution in [3.63, 3.8) is 0 Å². The lowest BCUT2D eigenvalue weighted by Gasteiger charge is -2.09. The summed E-state index contributed by atoms with van der Waals surface area (Å²) in [6, 6.07) is 14.6. The van der Waals surface area contributed by atoms with Crippen LogP contribution < -0.4 is 5.73 Å². The molecule has 0 atom stereocenters. The van der Waals surface area contributed by atoms with Crippen molar-refractivity contribution in [2.45, 2.75) is 0 Å². The molecule has 0 amide bonds. The van der Waals surface area contributed by atoms with E-state index in [4.69, 9.17) is 10.7 Å². The SMILES string of the molecule is Nc1ncnc2c1c(-c1ccc3ccc(-c4cccs4)nc3c1)cn2C1=CC=C1. The summed E-state index contributed by atoms with van der Waals surface area (Å²) < 4.78 is 2.06. The number of rotatable bonds is 3. The van der Waals surface area contributed by atoms with Gasteiger partial charge in [0.1, 0.15) is 12.1 Å². The van der Waals surface area contributed by atoms with Gasteiger partial charge >= 0.3 is 0 Å². The number of aromatic nitrogens is 4. The quantitative estimate of drug-likeness (QED) is 0.447. The molecule has 4 aromatic heterocycles. The van der Waals surface area contributed by atoms with Crippen molar-refractivity contribution in [3.8, 4) is 21.7 Å². The van der Waals surface area contributed by atoms with E-state index in [1.165, 1.54) is 6.33 Å².